The van der Waals surface area contributed by atoms with Gasteiger partial charge in [0.2, 0.25) is 11.8 Å². The number of hydrogen-bond acceptors (Lipinski definition) is 9. The van der Waals surface area contributed by atoms with Gasteiger partial charge in [-0.25, -0.2) is 4.79 Å². The summed E-state index contributed by atoms with van der Waals surface area (Å²) in [4.78, 5) is 54.2. The van der Waals surface area contributed by atoms with Gasteiger partial charge in [-0.2, -0.15) is 0 Å². The van der Waals surface area contributed by atoms with Crippen LogP contribution in [0.25, 0.3) is 21.7 Å². The highest BCUT2D eigenvalue weighted by Crippen LogP contribution is 2.38. The van der Waals surface area contributed by atoms with Crippen molar-refractivity contribution in [3.63, 3.8) is 0 Å². The molecule has 3 aromatic rings. The van der Waals surface area contributed by atoms with Crippen LogP contribution in [0.5, 0.6) is 0 Å². The summed E-state index contributed by atoms with van der Waals surface area (Å²) in [5.41, 5.74) is 12.7. The lowest BCUT2D eigenvalue weighted by atomic mass is 9.99. The Morgan fingerprint density at radius 3 is 2.36 bits per heavy atom. The lowest BCUT2D eigenvalue weighted by Crippen LogP contribution is -2.38. The van der Waals surface area contributed by atoms with Crippen molar-refractivity contribution in [2.24, 2.45) is 5.11 Å². The zero-order valence-corrected chi connectivity index (χ0v) is 26.0. The minimum Gasteiger partial charge on any atom is -0.465 e. The lowest BCUT2D eigenvalue weighted by Gasteiger charge is -2.19. The number of carbonyl (C=O) groups excluding carboxylic acids is 4. The molecule has 0 saturated heterocycles. The molecule has 0 aliphatic carbocycles. The average Bonchev–Trinajstić information content (AvgIpc) is 3.43. The van der Waals surface area contributed by atoms with Crippen LogP contribution in [0, 0.1) is 0 Å². The number of ether oxygens (including phenoxy) is 3. The van der Waals surface area contributed by atoms with E-state index in [-0.39, 0.29) is 43.8 Å². The number of benzene rings is 3. The van der Waals surface area contributed by atoms with Gasteiger partial charge in [-0.15, -0.1) is 0 Å². The molecule has 0 atom stereocenters. The standard InChI is InChI=1S/C33H35N7O7/c1-40(29(42)21-35-28(41)14-16-46-18-19-47-17-15-36-39-34)25-11-9-24(10-12-25)37-31(22-6-4-3-5-7-22)30-26-13-8-23(33(44)45-2)20-27(26)38-32(30)43/h3-13,20,37H,14-19,21H2,1-2H3,(H,35,41)(H,38,43)/b31-30-. The topological polar surface area (TPSA) is 184 Å². The SMILES string of the molecule is COC(=O)c1ccc2c(c1)NC(=O)/C2=C(\Nc1ccc(N(C)C(=O)CNC(=O)CCOCCOCCN=[N+]=[N-])cc1)c1ccccc1. The minimum atomic E-state index is -0.503. The lowest BCUT2D eigenvalue weighted by molar-refractivity contribution is -0.125. The monoisotopic (exact) mass is 641 g/mol. The molecule has 0 unspecified atom stereocenters. The highest BCUT2D eigenvalue weighted by Gasteiger charge is 2.29. The number of nitrogens with one attached hydrogen (secondary N) is 3. The molecule has 0 bridgehead atoms. The minimum absolute atomic E-state index is 0.0876. The molecular weight excluding hydrogens is 606 g/mol. The quantitative estimate of drug-likeness (QED) is 0.0518. The summed E-state index contributed by atoms with van der Waals surface area (Å²) in [5.74, 6) is -1.46. The smallest absolute Gasteiger partial charge is 0.337 e. The Balaban J connectivity index is 1.36. The first-order valence-electron chi connectivity index (χ1n) is 14.7. The molecule has 4 rings (SSSR count). The Labute approximate surface area is 271 Å². The van der Waals surface area contributed by atoms with Crippen molar-refractivity contribution in [3.05, 3.63) is 99.9 Å². The molecule has 3 aromatic carbocycles. The molecule has 1 heterocycles. The van der Waals surface area contributed by atoms with E-state index in [0.717, 1.165) is 5.56 Å². The third-order valence-electron chi connectivity index (χ3n) is 7.08. The van der Waals surface area contributed by atoms with Gasteiger partial charge in [0, 0.05) is 41.9 Å². The number of hydrogen-bond donors (Lipinski definition) is 3. The molecule has 244 valence electrons. The summed E-state index contributed by atoms with van der Waals surface area (Å²) in [5, 5.41) is 12.2. The van der Waals surface area contributed by atoms with Crippen molar-refractivity contribution in [2.45, 2.75) is 6.42 Å². The Morgan fingerprint density at radius 2 is 1.66 bits per heavy atom. The van der Waals surface area contributed by atoms with E-state index in [2.05, 4.69) is 26.0 Å². The summed E-state index contributed by atoms with van der Waals surface area (Å²) >= 11 is 0. The fraction of sp³-hybridized carbons (Fsp3) is 0.273. The molecule has 0 spiro atoms. The molecule has 14 nitrogen and oxygen atoms in total. The van der Waals surface area contributed by atoms with Gasteiger partial charge in [0.05, 0.1) is 62.6 Å². The van der Waals surface area contributed by atoms with E-state index in [0.29, 0.717) is 59.3 Å². The van der Waals surface area contributed by atoms with Crippen molar-refractivity contribution in [2.75, 3.05) is 69.2 Å². The molecule has 3 N–H and O–H groups in total. The van der Waals surface area contributed by atoms with Gasteiger partial charge in [-0.1, -0.05) is 41.5 Å². The van der Waals surface area contributed by atoms with Crippen LogP contribution in [0.1, 0.15) is 27.9 Å². The van der Waals surface area contributed by atoms with Gasteiger partial charge in [0.25, 0.3) is 5.91 Å². The zero-order valence-electron chi connectivity index (χ0n) is 26.0. The van der Waals surface area contributed by atoms with Gasteiger partial charge in [-0.3, -0.25) is 14.4 Å². The highest BCUT2D eigenvalue weighted by molar-refractivity contribution is 6.37. The fourth-order valence-electron chi connectivity index (χ4n) is 4.62. The molecule has 0 fully saturated rings. The van der Waals surface area contributed by atoms with E-state index in [4.69, 9.17) is 19.7 Å². The molecule has 14 heteroatoms. The number of methoxy groups -OCH3 is 1. The summed E-state index contributed by atoms with van der Waals surface area (Å²) in [6.45, 7) is 1.13. The summed E-state index contributed by atoms with van der Waals surface area (Å²) < 4.78 is 15.4. The van der Waals surface area contributed by atoms with Crippen molar-refractivity contribution in [1.82, 2.24) is 5.32 Å². The summed E-state index contributed by atoms with van der Waals surface area (Å²) in [6, 6.07) is 21.4. The number of fused-ring (bicyclic) bond motifs is 1. The number of anilines is 3. The summed E-state index contributed by atoms with van der Waals surface area (Å²) in [6.07, 6.45) is 0.0876. The maximum Gasteiger partial charge on any atom is 0.337 e. The average molecular weight is 642 g/mol. The second-order valence-corrected chi connectivity index (χ2v) is 10.2. The number of carbonyl (C=O) groups is 4. The molecular formula is C33H35N7O7. The van der Waals surface area contributed by atoms with E-state index in [1.165, 1.54) is 12.0 Å². The predicted octanol–water partition coefficient (Wildman–Crippen LogP) is 4.22. The first-order chi connectivity index (χ1) is 22.8. The fourth-order valence-corrected chi connectivity index (χ4v) is 4.62. The largest absolute Gasteiger partial charge is 0.465 e. The van der Waals surface area contributed by atoms with E-state index < -0.39 is 5.97 Å². The third-order valence-corrected chi connectivity index (χ3v) is 7.08. The molecule has 3 amide bonds. The Kier molecular flexibility index (Phi) is 12.5. The molecule has 47 heavy (non-hydrogen) atoms. The Bertz CT molecular complexity index is 1670. The normalized spacial score (nSPS) is 12.7. The van der Waals surface area contributed by atoms with Gasteiger partial charge < -0.3 is 35.1 Å². The predicted molar refractivity (Wildman–Crippen MR) is 176 cm³/mol. The van der Waals surface area contributed by atoms with Crippen molar-refractivity contribution in [1.29, 1.82) is 0 Å². The zero-order chi connectivity index (χ0) is 33.6. The maximum absolute atomic E-state index is 13.2. The van der Waals surface area contributed by atoms with Crippen molar-refractivity contribution >= 4 is 52.0 Å². The number of amides is 3. The van der Waals surface area contributed by atoms with E-state index in [1.807, 2.05) is 30.3 Å². The van der Waals surface area contributed by atoms with Crippen LogP contribution in [-0.4, -0.2) is 77.4 Å². The first-order valence-corrected chi connectivity index (χ1v) is 14.7. The van der Waals surface area contributed by atoms with Crippen molar-refractivity contribution < 1.29 is 33.4 Å². The van der Waals surface area contributed by atoms with Crippen LogP contribution in [-0.2, 0) is 28.6 Å². The molecule has 0 aromatic heterocycles. The highest BCUT2D eigenvalue weighted by atomic mass is 16.5. The van der Waals surface area contributed by atoms with E-state index in [1.54, 1.807) is 49.5 Å². The molecule has 0 saturated carbocycles. The number of nitrogens with zero attached hydrogens (tertiary/aromatic N) is 4. The van der Waals surface area contributed by atoms with Gasteiger partial charge in [-0.05, 0) is 47.5 Å². The van der Waals surface area contributed by atoms with Crippen LogP contribution in [0.2, 0.25) is 0 Å². The van der Waals surface area contributed by atoms with Crippen LogP contribution < -0.4 is 20.9 Å². The third kappa shape index (κ3) is 9.41. The molecule has 1 aliphatic rings. The van der Waals surface area contributed by atoms with Crippen LogP contribution in [0.3, 0.4) is 0 Å². The van der Waals surface area contributed by atoms with Crippen LogP contribution in [0.15, 0.2) is 77.9 Å². The Hall–Kier alpha value is -5.69. The van der Waals surface area contributed by atoms with Gasteiger partial charge >= 0.3 is 5.97 Å². The number of esters is 1. The molecule has 1 aliphatic heterocycles. The Morgan fingerprint density at radius 1 is 0.936 bits per heavy atom. The van der Waals surface area contributed by atoms with Crippen LogP contribution >= 0.6 is 0 Å². The molecule has 0 radical (unpaired) electrons. The van der Waals surface area contributed by atoms with Crippen molar-refractivity contribution in [3.8, 4) is 0 Å². The number of azide groups is 1. The maximum atomic E-state index is 13.2. The second kappa shape index (κ2) is 17.1. The van der Waals surface area contributed by atoms with E-state index in [9.17, 15) is 19.2 Å². The van der Waals surface area contributed by atoms with E-state index >= 15 is 0 Å². The van der Waals surface area contributed by atoms with Gasteiger partial charge in [0.1, 0.15) is 0 Å². The van der Waals surface area contributed by atoms with Gasteiger partial charge in [0.15, 0.2) is 0 Å². The summed E-state index contributed by atoms with van der Waals surface area (Å²) in [7, 11) is 2.91. The number of rotatable bonds is 16. The van der Waals surface area contributed by atoms with Crippen LogP contribution in [0.4, 0.5) is 17.1 Å². The number of likely N-dealkylation sites (N-methyl/N-ethyl adjacent to an activating group) is 1. The first kappa shape index (κ1) is 34.2. The second-order valence-electron chi connectivity index (χ2n) is 10.2.